The van der Waals surface area contributed by atoms with Gasteiger partial charge < -0.3 is 5.32 Å². The Balaban J connectivity index is 2.42. The fraction of sp³-hybridized carbons (Fsp3) is 0.714. The van der Waals surface area contributed by atoms with E-state index < -0.39 is 0 Å². The number of nitrogens with one attached hydrogen (secondary N) is 1. The zero-order chi connectivity index (χ0) is 5.98. The van der Waals surface area contributed by atoms with Crippen molar-refractivity contribution in [3.63, 3.8) is 0 Å². The van der Waals surface area contributed by atoms with Gasteiger partial charge in [0.15, 0.2) is 0 Å². The van der Waals surface area contributed by atoms with Crippen LogP contribution in [0.5, 0.6) is 0 Å². The lowest BCUT2D eigenvalue weighted by Crippen LogP contribution is -2.23. The first-order valence-corrected chi connectivity index (χ1v) is 3.21. The number of rotatable bonds is 0. The van der Waals surface area contributed by atoms with Gasteiger partial charge in [-0.1, -0.05) is 5.57 Å². The Morgan fingerprint density at radius 3 is 2.88 bits per heavy atom. The van der Waals surface area contributed by atoms with E-state index in [1.165, 1.54) is 18.4 Å². The van der Waals surface area contributed by atoms with Gasteiger partial charge in [-0.2, -0.15) is 0 Å². The molecule has 0 aromatic heterocycles. The van der Waals surface area contributed by atoms with Crippen molar-refractivity contribution < 1.29 is 0 Å². The molecule has 0 saturated carbocycles. The Morgan fingerprint density at radius 1 is 1.75 bits per heavy atom. The molecule has 1 N–H and O–H groups in total. The fourth-order valence-corrected chi connectivity index (χ4v) is 0.884. The maximum atomic E-state index is 3.27. The maximum Gasteiger partial charge on any atom is 0.0230 e. The van der Waals surface area contributed by atoms with Crippen LogP contribution in [0.3, 0.4) is 0 Å². The van der Waals surface area contributed by atoms with Crippen LogP contribution in [0.15, 0.2) is 11.8 Å². The van der Waals surface area contributed by atoms with Crippen molar-refractivity contribution in [3.05, 3.63) is 11.8 Å². The Labute approximate surface area is 50.8 Å². The monoisotopic (exact) mass is 111 g/mol. The molecule has 0 amide bonds. The normalized spacial score (nSPS) is 28.8. The summed E-state index contributed by atoms with van der Waals surface area (Å²) in [5.74, 6) is 0. The summed E-state index contributed by atoms with van der Waals surface area (Å²) in [7, 11) is 0. The summed E-state index contributed by atoms with van der Waals surface area (Å²) < 4.78 is 0. The molecule has 0 fully saturated rings. The standard InChI is InChI=1S/C7H13N/c1-6-3-4-7(2)8-5-6/h5,7-8H,3-4H2,1-2H3. The zero-order valence-corrected chi connectivity index (χ0v) is 5.57. The predicted molar refractivity (Wildman–Crippen MR) is 35.6 cm³/mol. The molecule has 1 aliphatic heterocycles. The van der Waals surface area contributed by atoms with E-state index in [-0.39, 0.29) is 0 Å². The van der Waals surface area contributed by atoms with E-state index in [0.717, 1.165) is 0 Å². The minimum absolute atomic E-state index is 0.693. The Kier molecular flexibility index (Phi) is 1.56. The highest BCUT2D eigenvalue weighted by Crippen LogP contribution is 2.10. The molecule has 1 heteroatoms. The van der Waals surface area contributed by atoms with E-state index in [9.17, 15) is 0 Å². The van der Waals surface area contributed by atoms with Crippen LogP contribution in [0, 0.1) is 0 Å². The smallest absolute Gasteiger partial charge is 0.0230 e. The summed E-state index contributed by atoms with van der Waals surface area (Å²) in [4.78, 5) is 0. The van der Waals surface area contributed by atoms with Crippen LogP contribution >= 0.6 is 0 Å². The second-order valence-corrected chi connectivity index (χ2v) is 2.60. The van der Waals surface area contributed by atoms with E-state index in [1.807, 2.05) is 0 Å². The summed E-state index contributed by atoms with van der Waals surface area (Å²) in [5.41, 5.74) is 1.48. The molecule has 1 unspecified atom stereocenters. The topological polar surface area (TPSA) is 12.0 Å². The van der Waals surface area contributed by atoms with Crippen LogP contribution in [0.25, 0.3) is 0 Å². The summed E-state index contributed by atoms with van der Waals surface area (Å²) in [6.07, 6.45) is 4.69. The molecule has 0 spiro atoms. The molecular weight excluding hydrogens is 98.1 g/mol. The number of allylic oxidation sites excluding steroid dienone is 1. The predicted octanol–water partition coefficient (Wildman–Crippen LogP) is 1.66. The first-order chi connectivity index (χ1) is 3.79. The van der Waals surface area contributed by atoms with Gasteiger partial charge in [-0.15, -0.1) is 0 Å². The third-order valence-electron chi connectivity index (χ3n) is 1.59. The minimum atomic E-state index is 0.693. The second kappa shape index (κ2) is 2.21. The van der Waals surface area contributed by atoms with Crippen molar-refractivity contribution in [1.82, 2.24) is 5.32 Å². The average Bonchev–Trinajstić information content (AvgIpc) is 1.77. The van der Waals surface area contributed by atoms with Crippen LogP contribution in [0.1, 0.15) is 26.7 Å². The highest BCUT2D eigenvalue weighted by Gasteiger charge is 2.03. The molecule has 1 aliphatic rings. The molecule has 1 atom stereocenters. The summed E-state index contributed by atoms with van der Waals surface area (Å²) in [6.45, 7) is 4.38. The molecule has 0 radical (unpaired) electrons. The lowest BCUT2D eigenvalue weighted by atomic mass is 10.1. The van der Waals surface area contributed by atoms with Crippen molar-refractivity contribution >= 4 is 0 Å². The Morgan fingerprint density at radius 2 is 2.50 bits per heavy atom. The molecule has 1 nitrogen and oxygen atoms in total. The lowest BCUT2D eigenvalue weighted by molar-refractivity contribution is 0.553. The van der Waals surface area contributed by atoms with E-state index in [1.54, 1.807) is 0 Å². The van der Waals surface area contributed by atoms with Gasteiger partial charge in [0.05, 0.1) is 0 Å². The van der Waals surface area contributed by atoms with Crippen molar-refractivity contribution in [3.8, 4) is 0 Å². The maximum absolute atomic E-state index is 3.27. The molecule has 46 valence electrons. The van der Waals surface area contributed by atoms with Crippen molar-refractivity contribution in [2.75, 3.05) is 0 Å². The van der Waals surface area contributed by atoms with Crippen LogP contribution in [-0.2, 0) is 0 Å². The summed E-state index contributed by atoms with van der Waals surface area (Å²) in [5, 5.41) is 3.27. The summed E-state index contributed by atoms with van der Waals surface area (Å²) >= 11 is 0. The van der Waals surface area contributed by atoms with Gasteiger partial charge in [0.2, 0.25) is 0 Å². The van der Waals surface area contributed by atoms with Gasteiger partial charge in [-0.25, -0.2) is 0 Å². The summed E-state index contributed by atoms with van der Waals surface area (Å²) in [6, 6.07) is 0.693. The van der Waals surface area contributed by atoms with Gasteiger partial charge in [-0.3, -0.25) is 0 Å². The third-order valence-corrected chi connectivity index (χ3v) is 1.59. The zero-order valence-electron chi connectivity index (χ0n) is 5.57. The van der Waals surface area contributed by atoms with Gasteiger partial charge >= 0.3 is 0 Å². The quantitative estimate of drug-likeness (QED) is 0.501. The number of hydrogen-bond donors (Lipinski definition) is 1. The molecule has 0 aromatic rings. The molecular formula is C7H13N. The van der Waals surface area contributed by atoms with E-state index >= 15 is 0 Å². The highest BCUT2D eigenvalue weighted by atomic mass is 14.9. The highest BCUT2D eigenvalue weighted by molar-refractivity contribution is 5.01. The van der Waals surface area contributed by atoms with Gasteiger partial charge in [0, 0.05) is 6.04 Å². The molecule has 0 aliphatic carbocycles. The fourth-order valence-electron chi connectivity index (χ4n) is 0.884. The second-order valence-electron chi connectivity index (χ2n) is 2.60. The molecule has 0 saturated heterocycles. The average molecular weight is 111 g/mol. The van der Waals surface area contributed by atoms with Crippen molar-refractivity contribution in [2.45, 2.75) is 32.7 Å². The first-order valence-electron chi connectivity index (χ1n) is 3.21. The third kappa shape index (κ3) is 1.25. The van der Waals surface area contributed by atoms with Crippen LogP contribution < -0.4 is 5.32 Å². The van der Waals surface area contributed by atoms with Crippen LogP contribution in [0.2, 0.25) is 0 Å². The molecule has 1 heterocycles. The Bertz CT molecular complexity index is 105. The molecule has 0 aromatic carbocycles. The van der Waals surface area contributed by atoms with Gasteiger partial charge in [-0.05, 0) is 32.9 Å². The van der Waals surface area contributed by atoms with Crippen LogP contribution in [0.4, 0.5) is 0 Å². The molecule has 0 bridgehead atoms. The van der Waals surface area contributed by atoms with Gasteiger partial charge in [0.1, 0.15) is 0 Å². The van der Waals surface area contributed by atoms with Gasteiger partial charge in [0.25, 0.3) is 0 Å². The van der Waals surface area contributed by atoms with Crippen molar-refractivity contribution in [1.29, 1.82) is 0 Å². The SMILES string of the molecule is CC1=CNC(C)CC1. The first kappa shape index (κ1) is 5.67. The van der Waals surface area contributed by atoms with Crippen molar-refractivity contribution in [2.24, 2.45) is 0 Å². The van der Waals surface area contributed by atoms with E-state index in [2.05, 4.69) is 25.4 Å². The van der Waals surface area contributed by atoms with E-state index in [4.69, 9.17) is 0 Å². The largest absolute Gasteiger partial charge is 0.388 e. The van der Waals surface area contributed by atoms with Crippen LogP contribution in [-0.4, -0.2) is 6.04 Å². The molecule has 8 heavy (non-hydrogen) atoms. The number of hydrogen-bond acceptors (Lipinski definition) is 1. The Hall–Kier alpha value is -0.460. The van der Waals surface area contributed by atoms with E-state index in [0.29, 0.717) is 6.04 Å². The molecule has 1 rings (SSSR count). The minimum Gasteiger partial charge on any atom is -0.388 e. The lowest BCUT2D eigenvalue weighted by Gasteiger charge is -2.17.